The van der Waals surface area contributed by atoms with Crippen LogP contribution in [0.4, 0.5) is 20.2 Å². The second-order valence-corrected chi connectivity index (χ2v) is 6.25. The molecule has 0 spiro atoms. The lowest BCUT2D eigenvalue weighted by Gasteiger charge is -2.31. The molecule has 0 aromatic heterocycles. The molecule has 0 radical (unpaired) electrons. The van der Waals surface area contributed by atoms with E-state index >= 15 is 0 Å². The van der Waals surface area contributed by atoms with Gasteiger partial charge in [0.2, 0.25) is 5.91 Å². The largest absolute Gasteiger partial charge is 0.495 e. The number of nitrogens with zero attached hydrogens (tertiary/aromatic N) is 1. The van der Waals surface area contributed by atoms with Crippen molar-refractivity contribution in [3.8, 4) is 5.75 Å². The zero-order valence-corrected chi connectivity index (χ0v) is 14.4. The number of rotatable bonds is 4. The number of hydrogen-bond acceptors (Lipinski definition) is 3. The topological polar surface area (TPSA) is 41.6 Å². The highest BCUT2D eigenvalue weighted by Crippen LogP contribution is 2.31. The average molecular weight is 367 g/mol. The Kier molecular flexibility index (Phi) is 5.08. The SMILES string of the molecule is COc1ccc(Cl)cc1NC(=O)CN1CCCc2cc(F)cc(F)c21. The zero-order chi connectivity index (χ0) is 18.0. The third kappa shape index (κ3) is 3.85. The van der Waals surface area contributed by atoms with Gasteiger partial charge in [-0.2, -0.15) is 0 Å². The maximum atomic E-state index is 14.2. The third-order valence-corrected chi connectivity index (χ3v) is 4.30. The summed E-state index contributed by atoms with van der Waals surface area (Å²) in [5, 5.41) is 3.18. The number of ether oxygens (including phenoxy) is 1. The molecule has 25 heavy (non-hydrogen) atoms. The summed E-state index contributed by atoms with van der Waals surface area (Å²) >= 11 is 5.95. The molecule has 3 rings (SSSR count). The molecule has 1 aliphatic heterocycles. The molecule has 1 amide bonds. The van der Waals surface area contributed by atoms with E-state index in [1.165, 1.54) is 13.2 Å². The van der Waals surface area contributed by atoms with Gasteiger partial charge < -0.3 is 15.0 Å². The Balaban J connectivity index is 1.78. The molecule has 7 heteroatoms. The molecular formula is C18H17ClF2N2O2. The molecule has 2 aromatic rings. The quantitative estimate of drug-likeness (QED) is 0.888. The minimum atomic E-state index is -0.650. The number of aryl methyl sites for hydroxylation is 1. The Hall–Kier alpha value is -2.34. The Morgan fingerprint density at radius 1 is 1.32 bits per heavy atom. The second-order valence-electron chi connectivity index (χ2n) is 5.81. The smallest absolute Gasteiger partial charge is 0.243 e. The summed E-state index contributed by atoms with van der Waals surface area (Å²) in [6.45, 7) is 0.473. The number of benzene rings is 2. The van der Waals surface area contributed by atoms with Gasteiger partial charge in [-0.05, 0) is 42.7 Å². The number of amides is 1. The Bertz CT molecular complexity index is 814. The van der Waals surface area contributed by atoms with Crippen LogP contribution in [0.5, 0.6) is 5.75 Å². The van der Waals surface area contributed by atoms with E-state index < -0.39 is 11.6 Å². The number of fused-ring (bicyclic) bond motifs is 1. The molecule has 1 aliphatic rings. The van der Waals surface area contributed by atoms with Gasteiger partial charge in [0.05, 0.1) is 25.0 Å². The lowest BCUT2D eigenvalue weighted by Crippen LogP contribution is -2.37. The van der Waals surface area contributed by atoms with Crippen molar-refractivity contribution in [2.45, 2.75) is 12.8 Å². The minimum Gasteiger partial charge on any atom is -0.495 e. The number of anilines is 2. The maximum absolute atomic E-state index is 14.2. The molecule has 0 fully saturated rings. The molecule has 1 N–H and O–H groups in total. The Labute approximate surface area is 149 Å². The summed E-state index contributed by atoms with van der Waals surface area (Å²) in [5.74, 6) is -1.11. The molecule has 0 saturated carbocycles. The fourth-order valence-electron chi connectivity index (χ4n) is 3.04. The zero-order valence-electron chi connectivity index (χ0n) is 13.6. The first kappa shape index (κ1) is 17.5. The van der Waals surface area contributed by atoms with Crippen LogP contribution >= 0.6 is 11.6 Å². The minimum absolute atomic E-state index is 0.0504. The summed E-state index contributed by atoms with van der Waals surface area (Å²) in [4.78, 5) is 14.0. The van der Waals surface area contributed by atoms with Crippen LogP contribution in [-0.2, 0) is 11.2 Å². The molecule has 0 bridgehead atoms. The van der Waals surface area contributed by atoms with Crippen molar-refractivity contribution in [1.29, 1.82) is 0 Å². The van der Waals surface area contributed by atoms with Crippen molar-refractivity contribution < 1.29 is 18.3 Å². The number of carbonyl (C=O) groups excluding carboxylic acids is 1. The van der Waals surface area contributed by atoms with Gasteiger partial charge in [-0.1, -0.05) is 11.6 Å². The normalized spacial score (nSPS) is 13.4. The van der Waals surface area contributed by atoms with Gasteiger partial charge >= 0.3 is 0 Å². The van der Waals surface area contributed by atoms with Crippen molar-refractivity contribution in [3.05, 3.63) is 52.6 Å². The average Bonchev–Trinajstić information content (AvgIpc) is 2.54. The van der Waals surface area contributed by atoms with E-state index in [0.29, 0.717) is 40.7 Å². The highest BCUT2D eigenvalue weighted by molar-refractivity contribution is 6.31. The molecule has 0 atom stereocenters. The van der Waals surface area contributed by atoms with Gasteiger partial charge in [-0.15, -0.1) is 0 Å². The van der Waals surface area contributed by atoms with E-state index in [1.807, 2.05) is 0 Å². The van der Waals surface area contributed by atoms with E-state index in [1.54, 1.807) is 23.1 Å². The first-order chi connectivity index (χ1) is 12.0. The molecule has 0 saturated heterocycles. The summed E-state index contributed by atoms with van der Waals surface area (Å²) < 4.78 is 32.8. The van der Waals surface area contributed by atoms with Crippen LogP contribution in [0.1, 0.15) is 12.0 Å². The van der Waals surface area contributed by atoms with Gasteiger partial charge in [0.15, 0.2) is 0 Å². The molecular weight excluding hydrogens is 350 g/mol. The molecule has 0 aliphatic carbocycles. The van der Waals surface area contributed by atoms with Crippen LogP contribution in [0, 0.1) is 11.6 Å². The van der Waals surface area contributed by atoms with Crippen LogP contribution < -0.4 is 15.0 Å². The molecule has 1 heterocycles. The number of hydrogen-bond donors (Lipinski definition) is 1. The first-order valence-corrected chi connectivity index (χ1v) is 8.22. The second kappa shape index (κ2) is 7.27. The Morgan fingerprint density at radius 2 is 2.12 bits per heavy atom. The lowest BCUT2D eigenvalue weighted by atomic mass is 10.0. The molecule has 132 valence electrons. The molecule has 0 unspecified atom stereocenters. The standard InChI is InChI=1S/C18H17ClF2N2O2/c1-25-16-5-4-12(19)8-15(16)22-17(24)10-23-6-2-3-11-7-13(20)9-14(21)18(11)23/h4-5,7-9H,2-3,6,10H2,1H3,(H,22,24). The number of carbonyl (C=O) groups is 1. The van der Waals surface area contributed by atoms with E-state index in [4.69, 9.17) is 16.3 Å². The fraction of sp³-hybridized carbons (Fsp3) is 0.278. The number of methoxy groups -OCH3 is 1. The van der Waals surface area contributed by atoms with E-state index in [-0.39, 0.29) is 12.5 Å². The van der Waals surface area contributed by atoms with Crippen molar-refractivity contribution in [1.82, 2.24) is 0 Å². The van der Waals surface area contributed by atoms with Crippen molar-refractivity contribution in [2.75, 3.05) is 30.4 Å². The van der Waals surface area contributed by atoms with Crippen molar-refractivity contribution >= 4 is 28.9 Å². The van der Waals surface area contributed by atoms with Crippen molar-refractivity contribution in [3.63, 3.8) is 0 Å². The van der Waals surface area contributed by atoms with E-state index in [0.717, 1.165) is 12.5 Å². The summed E-state index contributed by atoms with van der Waals surface area (Å²) in [6.07, 6.45) is 1.31. The van der Waals surface area contributed by atoms with E-state index in [2.05, 4.69) is 5.32 Å². The third-order valence-electron chi connectivity index (χ3n) is 4.07. The maximum Gasteiger partial charge on any atom is 0.243 e. The Morgan fingerprint density at radius 3 is 2.88 bits per heavy atom. The highest BCUT2D eigenvalue weighted by Gasteiger charge is 2.24. The predicted octanol–water partition coefficient (Wildman–Crippen LogP) is 4.02. The summed E-state index contributed by atoms with van der Waals surface area (Å²) in [5.41, 5.74) is 1.31. The van der Waals surface area contributed by atoms with Crippen LogP contribution in [0.15, 0.2) is 30.3 Å². The first-order valence-electron chi connectivity index (χ1n) is 7.84. The van der Waals surface area contributed by atoms with Crippen LogP contribution in [-0.4, -0.2) is 26.1 Å². The highest BCUT2D eigenvalue weighted by atomic mass is 35.5. The van der Waals surface area contributed by atoms with Gasteiger partial charge in [-0.3, -0.25) is 4.79 Å². The lowest BCUT2D eigenvalue weighted by molar-refractivity contribution is -0.115. The number of nitrogens with one attached hydrogen (secondary N) is 1. The van der Waals surface area contributed by atoms with Crippen LogP contribution in [0.2, 0.25) is 5.02 Å². The number of halogens is 3. The van der Waals surface area contributed by atoms with Gasteiger partial charge in [-0.25, -0.2) is 8.78 Å². The summed E-state index contributed by atoms with van der Waals surface area (Å²) in [7, 11) is 1.49. The van der Waals surface area contributed by atoms with E-state index in [9.17, 15) is 13.6 Å². The van der Waals surface area contributed by atoms with Gasteiger partial charge in [0.25, 0.3) is 0 Å². The molecule has 2 aromatic carbocycles. The predicted molar refractivity (Wildman–Crippen MR) is 93.5 cm³/mol. The van der Waals surface area contributed by atoms with Gasteiger partial charge in [0.1, 0.15) is 17.4 Å². The molecule has 4 nitrogen and oxygen atoms in total. The summed E-state index contributed by atoms with van der Waals surface area (Å²) in [6, 6.07) is 7.05. The van der Waals surface area contributed by atoms with Crippen molar-refractivity contribution in [2.24, 2.45) is 0 Å². The van der Waals surface area contributed by atoms with Crippen LogP contribution in [0.25, 0.3) is 0 Å². The van der Waals surface area contributed by atoms with Gasteiger partial charge in [0, 0.05) is 17.6 Å². The monoisotopic (exact) mass is 366 g/mol. The van der Waals surface area contributed by atoms with Crippen LogP contribution in [0.3, 0.4) is 0 Å². The fourth-order valence-corrected chi connectivity index (χ4v) is 3.21.